The molecule has 0 radical (unpaired) electrons. The lowest BCUT2D eigenvalue weighted by molar-refractivity contribution is -0.0675. The van der Waals surface area contributed by atoms with Gasteiger partial charge in [0.15, 0.2) is 12.0 Å². The Kier molecular flexibility index (Phi) is 4.72. The van der Waals surface area contributed by atoms with Crippen LogP contribution in [0.1, 0.15) is 24.6 Å². The van der Waals surface area contributed by atoms with E-state index in [-0.39, 0.29) is 22.3 Å². The second-order valence-electron chi connectivity index (χ2n) is 9.07. The third kappa shape index (κ3) is 2.99. The Balaban J connectivity index is 1.32. The van der Waals surface area contributed by atoms with Gasteiger partial charge in [0.2, 0.25) is 0 Å². The minimum Gasteiger partial charge on any atom is -0.385 e. The van der Waals surface area contributed by atoms with Gasteiger partial charge in [0.05, 0.1) is 16.5 Å². The molecule has 0 spiro atoms. The normalized spacial score (nSPS) is 28.7. The van der Waals surface area contributed by atoms with Gasteiger partial charge in [-0.1, -0.05) is 23.7 Å². The minimum atomic E-state index is -1.46. The van der Waals surface area contributed by atoms with Crippen molar-refractivity contribution in [2.24, 2.45) is 5.92 Å². The van der Waals surface area contributed by atoms with Gasteiger partial charge < -0.3 is 31.0 Å². The van der Waals surface area contributed by atoms with E-state index in [1.165, 1.54) is 6.33 Å². The molecule has 1 aromatic carbocycles. The molecule has 1 saturated heterocycles. The average molecular weight is 485 g/mol. The molecule has 1 unspecified atom stereocenters. The standard InChI is InChI=1S/C23H22ClFN6O3/c24-14-8-11-2-1-10(15(25)16(11)30-20(14)27)7-12-3-5-23(33)17(32)22(34-18(12)23)31-6-4-13-19(26)28-9-29-21(13)31/h1-2,4,6,8-9,12,17-18,22,32-33H,3,5,7H2,(H2,27,30)(H2,26,28,29)/t12-,17?,18+,22+,23-/m0/s1. The summed E-state index contributed by atoms with van der Waals surface area (Å²) in [5, 5.41) is 23.9. The van der Waals surface area contributed by atoms with Crippen molar-refractivity contribution in [1.29, 1.82) is 0 Å². The van der Waals surface area contributed by atoms with Crippen molar-refractivity contribution in [3.8, 4) is 0 Å². The van der Waals surface area contributed by atoms with Gasteiger partial charge in [0, 0.05) is 11.6 Å². The largest absolute Gasteiger partial charge is 0.385 e. The Bertz CT molecular complexity index is 1450. The lowest BCUT2D eigenvalue weighted by Crippen LogP contribution is -2.45. The Hall–Kier alpha value is -3.05. The summed E-state index contributed by atoms with van der Waals surface area (Å²) in [7, 11) is 0. The van der Waals surface area contributed by atoms with Gasteiger partial charge in [0.1, 0.15) is 40.8 Å². The molecular weight excluding hydrogens is 463 g/mol. The Labute approximate surface area is 198 Å². The summed E-state index contributed by atoms with van der Waals surface area (Å²) in [4.78, 5) is 12.4. The SMILES string of the molecule is Nc1nc2c(F)c(C[C@@H]3CC[C@]4(O)C(O)[C@H](n5ccc6c(N)ncnc65)O[C@H]34)ccc2cc1Cl. The topological polar surface area (TPSA) is 145 Å². The number of aliphatic hydroxyl groups is 2. The number of halogens is 2. The van der Waals surface area contributed by atoms with Crippen LogP contribution in [0.4, 0.5) is 16.0 Å². The number of anilines is 2. The summed E-state index contributed by atoms with van der Waals surface area (Å²) in [6.45, 7) is 0. The first-order valence-electron chi connectivity index (χ1n) is 10.9. The van der Waals surface area contributed by atoms with Crippen molar-refractivity contribution in [2.45, 2.75) is 43.3 Å². The molecular formula is C23H22ClFN6O3. The van der Waals surface area contributed by atoms with E-state index in [1.54, 1.807) is 35.0 Å². The van der Waals surface area contributed by atoms with E-state index in [1.807, 2.05) is 0 Å². The molecule has 2 fully saturated rings. The first-order valence-corrected chi connectivity index (χ1v) is 11.3. The van der Waals surface area contributed by atoms with Crippen molar-refractivity contribution in [1.82, 2.24) is 19.5 Å². The molecule has 1 saturated carbocycles. The minimum absolute atomic E-state index is 0.0638. The smallest absolute Gasteiger partial charge is 0.164 e. The monoisotopic (exact) mass is 484 g/mol. The van der Waals surface area contributed by atoms with Crippen LogP contribution < -0.4 is 11.5 Å². The molecule has 2 aliphatic rings. The van der Waals surface area contributed by atoms with Crippen molar-refractivity contribution < 1.29 is 19.3 Å². The zero-order valence-corrected chi connectivity index (χ0v) is 18.7. The lowest BCUT2D eigenvalue weighted by atomic mass is 9.89. The summed E-state index contributed by atoms with van der Waals surface area (Å²) >= 11 is 6.01. The number of aromatic nitrogens is 4. The van der Waals surface area contributed by atoms with Crippen LogP contribution in [0.25, 0.3) is 21.9 Å². The maximum absolute atomic E-state index is 15.3. The number of rotatable bonds is 3. The highest BCUT2D eigenvalue weighted by atomic mass is 35.5. The van der Waals surface area contributed by atoms with Crippen molar-refractivity contribution in [2.75, 3.05) is 11.5 Å². The predicted octanol–water partition coefficient (Wildman–Crippen LogP) is 2.58. The van der Waals surface area contributed by atoms with Crippen LogP contribution in [0.3, 0.4) is 0 Å². The predicted molar refractivity (Wildman–Crippen MR) is 124 cm³/mol. The Morgan fingerprint density at radius 3 is 2.88 bits per heavy atom. The fraction of sp³-hybridized carbons (Fsp3) is 0.348. The number of hydrogen-bond acceptors (Lipinski definition) is 8. The highest BCUT2D eigenvalue weighted by Gasteiger charge is 2.61. The van der Waals surface area contributed by atoms with E-state index in [2.05, 4.69) is 15.0 Å². The van der Waals surface area contributed by atoms with Crippen LogP contribution in [0, 0.1) is 11.7 Å². The number of nitrogens with two attached hydrogens (primary N) is 2. The van der Waals surface area contributed by atoms with Gasteiger partial charge in [-0.05, 0) is 42.9 Å². The molecule has 1 aliphatic heterocycles. The van der Waals surface area contributed by atoms with Gasteiger partial charge in [-0.2, -0.15) is 0 Å². The van der Waals surface area contributed by atoms with Gasteiger partial charge in [-0.15, -0.1) is 0 Å². The molecule has 1 aliphatic carbocycles. The first-order chi connectivity index (χ1) is 16.3. The lowest BCUT2D eigenvalue weighted by Gasteiger charge is -2.26. The van der Waals surface area contributed by atoms with Crippen LogP contribution in [-0.4, -0.2) is 47.5 Å². The summed E-state index contributed by atoms with van der Waals surface area (Å²) in [5.41, 5.74) is 11.3. The van der Waals surface area contributed by atoms with Crippen molar-refractivity contribution >= 4 is 45.2 Å². The number of hydrogen-bond donors (Lipinski definition) is 4. The van der Waals surface area contributed by atoms with Crippen molar-refractivity contribution in [3.63, 3.8) is 0 Å². The third-order valence-corrected chi connectivity index (χ3v) is 7.49. The number of nitrogen functional groups attached to an aromatic ring is 2. The number of ether oxygens (including phenoxy) is 1. The molecule has 176 valence electrons. The van der Waals surface area contributed by atoms with E-state index in [4.69, 9.17) is 27.8 Å². The molecule has 3 aromatic heterocycles. The van der Waals surface area contributed by atoms with Crippen LogP contribution in [0.2, 0.25) is 5.02 Å². The van der Waals surface area contributed by atoms with E-state index in [0.29, 0.717) is 47.1 Å². The molecule has 9 nitrogen and oxygen atoms in total. The van der Waals surface area contributed by atoms with E-state index >= 15 is 4.39 Å². The van der Waals surface area contributed by atoms with Crippen LogP contribution in [0.15, 0.2) is 36.8 Å². The first kappa shape index (κ1) is 21.5. The molecule has 34 heavy (non-hydrogen) atoms. The summed E-state index contributed by atoms with van der Waals surface area (Å²) in [6, 6.07) is 6.76. The Morgan fingerprint density at radius 2 is 2.06 bits per heavy atom. The maximum Gasteiger partial charge on any atom is 0.164 e. The zero-order chi connectivity index (χ0) is 23.8. The second-order valence-corrected chi connectivity index (χ2v) is 9.48. The highest BCUT2D eigenvalue weighted by Crippen LogP contribution is 2.51. The number of nitrogens with zero attached hydrogens (tertiary/aromatic N) is 4. The van der Waals surface area contributed by atoms with Gasteiger partial charge in [-0.3, -0.25) is 0 Å². The van der Waals surface area contributed by atoms with Crippen LogP contribution in [-0.2, 0) is 11.2 Å². The number of pyridine rings is 1. The average Bonchev–Trinajstić information content (AvgIpc) is 3.45. The van der Waals surface area contributed by atoms with Gasteiger partial charge >= 0.3 is 0 Å². The van der Waals surface area contributed by atoms with Crippen molar-refractivity contribution in [3.05, 3.63) is 53.2 Å². The quantitative estimate of drug-likeness (QED) is 0.347. The van der Waals surface area contributed by atoms with E-state index in [0.717, 1.165) is 0 Å². The summed E-state index contributed by atoms with van der Waals surface area (Å²) in [6.07, 6.45) is 1.49. The molecule has 0 bridgehead atoms. The fourth-order valence-corrected chi connectivity index (χ4v) is 5.59. The third-order valence-electron chi connectivity index (χ3n) is 7.19. The molecule has 6 rings (SSSR count). The fourth-order valence-electron chi connectivity index (χ4n) is 5.43. The number of fused-ring (bicyclic) bond motifs is 3. The van der Waals surface area contributed by atoms with E-state index < -0.39 is 29.9 Å². The molecule has 11 heteroatoms. The molecule has 4 heterocycles. The van der Waals surface area contributed by atoms with Gasteiger partial charge in [-0.25, -0.2) is 19.3 Å². The van der Waals surface area contributed by atoms with Gasteiger partial charge in [0.25, 0.3) is 0 Å². The number of benzene rings is 1. The Morgan fingerprint density at radius 1 is 1.24 bits per heavy atom. The van der Waals surface area contributed by atoms with Crippen LogP contribution >= 0.6 is 11.6 Å². The summed E-state index contributed by atoms with van der Waals surface area (Å²) in [5.74, 6) is -0.318. The zero-order valence-electron chi connectivity index (χ0n) is 17.9. The second kappa shape index (κ2) is 7.47. The van der Waals surface area contributed by atoms with E-state index in [9.17, 15) is 10.2 Å². The maximum atomic E-state index is 15.3. The van der Waals surface area contributed by atoms with Crippen LogP contribution in [0.5, 0.6) is 0 Å². The summed E-state index contributed by atoms with van der Waals surface area (Å²) < 4.78 is 23.2. The molecule has 4 aromatic rings. The molecule has 0 amide bonds. The molecule has 6 N–H and O–H groups in total. The highest BCUT2D eigenvalue weighted by molar-refractivity contribution is 6.33. The number of aliphatic hydroxyl groups excluding tert-OH is 1. The molecule has 5 atom stereocenters.